The van der Waals surface area contributed by atoms with Crippen LogP contribution in [0.1, 0.15) is 36.6 Å². The van der Waals surface area contributed by atoms with E-state index < -0.39 is 40.4 Å². The standard InChI is InChI=1S/C31H28F2N6O3/c1-5-22(41)37-13-14-38-18(15-37)9-10-19-23-29(38)36-31(42)39(28-17(4)11-12-34-26(28)16(2)3)30(23)35-27(25(19)33)24-20(32)7-6-8-21(24)40/h5-12,16,18,40H,1,13-15H2,2-4H3. The molecule has 11 heteroatoms. The molecule has 0 aliphatic carbocycles. The van der Waals surface area contributed by atoms with Gasteiger partial charge in [0.05, 0.1) is 28.4 Å². The third kappa shape index (κ3) is 4.15. The number of aromatic hydroxyl groups is 1. The van der Waals surface area contributed by atoms with E-state index in [4.69, 9.17) is 0 Å². The number of carbonyl (C=O) groups is 1. The van der Waals surface area contributed by atoms with E-state index in [2.05, 4.69) is 21.5 Å². The minimum absolute atomic E-state index is 0.0394. The molecule has 0 saturated carbocycles. The highest BCUT2D eigenvalue weighted by Gasteiger charge is 2.35. The second-order valence-electron chi connectivity index (χ2n) is 10.7. The minimum atomic E-state index is -0.877. The Morgan fingerprint density at radius 3 is 2.69 bits per heavy atom. The van der Waals surface area contributed by atoms with Crippen LogP contribution >= 0.6 is 0 Å². The van der Waals surface area contributed by atoms with Crippen LogP contribution in [-0.2, 0) is 4.79 Å². The predicted molar refractivity (Wildman–Crippen MR) is 156 cm³/mol. The molecule has 6 rings (SSSR count). The first-order chi connectivity index (χ1) is 20.1. The molecule has 3 aromatic heterocycles. The van der Waals surface area contributed by atoms with Crippen molar-refractivity contribution in [3.8, 4) is 22.7 Å². The topological polar surface area (TPSA) is 104 Å². The van der Waals surface area contributed by atoms with Gasteiger partial charge in [0, 0.05) is 31.4 Å². The molecule has 1 aromatic carbocycles. The molecule has 1 amide bonds. The highest BCUT2D eigenvalue weighted by molar-refractivity contribution is 5.99. The summed E-state index contributed by atoms with van der Waals surface area (Å²) in [5.41, 5.74) is 0.329. The van der Waals surface area contributed by atoms with Gasteiger partial charge in [-0.2, -0.15) is 4.98 Å². The number of anilines is 1. The summed E-state index contributed by atoms with van der Waals surface area (Å²) in [5, 5.41) is 10.9. The largest absolute Gasteiger partial charge is 0.507 e. The highest BCUT2D eigenvalue weighted by atomic mass is 19.1. The predicted octanol–water partition coefficient (Wildman–Crippen LogP) is 4.49. The van der Waals surface area contributed by atoms with E-state index in [1.807, 2.05) is 25.7 Å². The molecular formula is C31H28F2N6O3. The summed E-state index contributed by atoms with van der Waals surface area (Å²) in [5.74, 6) is -2.36. The van der Waals surface area contributed by atoms with E-state index >= 15 is 8.78 Å². The molecule has 1 fully saturated rings. The van der Waals surface area contributed by atoms with E-state index in [-0.39, 0.29) is 40.8 Å². The quantitative estimate of drug-likeness (QED) is 0.361. The Morgan fingerprint density at radius 1 is 1.19 bits per heavy atom. The van der Waals surface area contributed by atoms with Crippen LogP contribution in [0.5, 0.6) is 5.75 Å². The maximum Gasteiger partial charge on any atom is 0.355 e. The Balaban J connectivity index is 1.74. The first-order valence-corrected chi connectivity index (χ1v) is 13.6. The lowest BCUT2D eigenvalue weighted by molar-refractivity contribution is -0.126. The van der Waals surface area contributed by atoms with Crippen molar-refractivity contribution >= 4 is 28.8 Å². The van der Waals surface area contributed by atoms with Crippen LogP contribution in [0.4, 0.5) is 14.6 Å². The molecule has 1 unspecified atom stereocenters. The summed E-state index contributed by atoms with van der Waals surface area (Å²) in [6, 6.07) is 4.98. The summed E-state index contributed by atoms with van der Waals surface area (Å²) >= 11 is 0. The average Bonchev–Trinajstić information content (AvgIpc) is 3.12. The molecule has 4 aromatic rings. The third-order valence-corrected chi connectivity index (χ3v) is 7.80. The number of aromatic nitrogens is 4. The number of phenolic OH excluding ortho intramolecular Hbond substituents is 1. The summed E-state index contributed by atoms with van der Waals surface area (Å²) in [6.07, 6.45) is 6.17. The highest BCUT2D eigenvalue weighted by Crippen LogP contribution is 2.41. The van der Waals surface area contributed by atoms with Crippen molar-refractivity contribution in [2.75, 3.05) is 24.5 Å². The number of nitrogens with zero attached hydrogens (tertiary/aromatic N) is 6. The first kappa shape index (κ1) is 27.3. The summed E-state index contributed by atoms with van der Waals surface area (Å²) < 4.78 is 32.9. The van der Waals surface area contributed by atoms with E-state index in [0.717, 1.165) is 11.6 Å². The monoisotopic (exact) mass is 570 g/mol. The number of amides is 1. The molecule has 2 aliphatic rings. The molecule has 0 spiro atoms. The number of phenols is 1. The number of carbonyl (C=O) groups excluding carboxylic acids is 1. The van der Waals surface area contributed by atoms with Gasteiger partial charge in [-0.3, -0.25) is 9.78 Å². The Kier molecular flexibility index (Phi) is 6.59. The average molecular weight is 571 g/mol. The van der Waals surface area contributed by atoms with Crippen LogP contribution in [0.2, 0.25) is 0 Å². The lowest BCUT2D eigenvalue weighted by Gasteiger charge is -2.40. The van der Waals surface area contributed by atoms with Gasteiger partial charge in [-0.15, -0.1) is 0 Å². The van der Waals surface area contributed by atoms with Gasteiger partial charge >= 0.3 is 5.69 Å². The van der Waals surface area contributed by atoms with Gasteiger partial charge < -0.3 is 14.9 Å². The van der Waals surface area contributed by atoms with Crippen LogP contribution < -0.4 is 10.6 Å². The lowest BCUT2D eigenvalue weighted by Crippen LogP contribution is -2.54. The van der Waals surface area contributed by atoms with E-state index in [1.54, 1.807) is 29.3 Å². The number of halogens is 2. The van der Waals surface area contributed by atoms with Crippen LogP contribution in [0.3, 0.4) is 0 Å². The number of aryl methyl sites for hydroxylation is 1. The van der Waals surface area contributed by atoms with Crippen molar-refractivity contribution in [1.29, 1.82) is 0 Å². The Morgan fingerprint density at radius 2 is 1.98 bits per heavy atom. The van der Waals surface area contributed by atoms with Gasteiger partial charge in [0.25, 0.3) is 0 Å². The number of hydrogen-bond donors (Lipinski definition) is 1. The van der Waals surface area contributed by atoms with E-state index in [0.29, 0.717) is 24.5 Å². The lowest BCUT2D eigenvalue weighted by atomic mass is 10.0. The van der Waals surface area contributed by atoms with Crippen LogP contribution in [0.25, 0.3) is 34.1 Å². The second-order valence-corrected chi connectivity index (χ2v) is 10.7. The molecule has 1 N–H and O–H groups in total. The number of benzene rings is 1. The number of fused-ring (bicyclic) bond motifs is 2. The second kappa shape index (κ2) is 10.2. The number of pyridine rings is 2. The van der Waals surface area contributed by atoms with Crippen molar-refractivity contribution < 1.29 is 18.7 Å². The zero-order valence-electron chi connectivity index (χ0n) is 23.3. The van der Waals surface area contributed by atoms with Crippen LogP contribution in [0.15, 0.2) is 54.0 Å². The molecule has 0 bridgehead atoms. The van der Waals surface area contributed by atoms with Crippen LogP contribution in [-0.4, -0.2) is 61.1 Å². The molecule has 1 saturated heterocycles. The van der Waals surface area contributed by atoms with E-state index in [1.165, 1.54) is 22.8 Å². The Bertz CT molecular complexity index is 1860. The molecule has 214 valence electrons. The normalized spacial score (nSPS) is 16.1. The molecule has 2 aliphatic heterocycles. The van der Waals surface area contributed by atoms with Gasteiger partial charge in [0.15, 0.2) is 11.5 Å². The van der Waals surface area contributed by atoms with Crippen molar-refractivity contribution in [1.82, 2.24) is 24.4 Å². The third-order valence-electron chi connectivity index (χ3n) is 7.80. The first-order valence-electron chi connectivity index (χ1n) is 13.6. The zero-order chi connectivity index (χ0) is 29.9. The van der Waals surface area contributed by atoms with Crippen molar-refractivity contribution in [3.05, 3.63) is 88.1 Å². The maximum absolute atomic E-state index is 16.5. The molecule has 5 heterocycles. The van der Waals surface area contributed by atoms with Gasteiger partial charge in [-0.1, -0.05) is 38.6 Å². The van der Waals surface area contributed by atoms with Gasteiger partial charge in [0.1, 0.15) is 23.1 Å². The van der Waals surface area contributed by atoms with Crippen molar-refractivity contribution in [2.24, 2.45) is 0 Å². The van der Waals surface area contributed by atoms with Gasteiger partial charge in [-0.05, 0) is 42.7 Å². The Hall–Kier alpha value is -4.93. The summed E-state index contributed by atoms with van der Waals surface area (Å²) in [6.45, 7) is 10.2. The summed E-state index contributed by atoms with van der Waals surface area (Å²) in [7, 11) is 0. The summed E-state index contributed by atoms with van der Waals surface area (Å²) in [4.78, 5) is 43.4. The SMILES string of the molecule is C=CC(=O)N1CCN2c3nc(=O)n(-c4c(C)ccnc4C(C)C)c4nc(-c5c(O)cccc5F)c(F)c(c34)C=CC2C1. The smallest absolute Gasteiger partial charge is 0.355 e. The Labute approximate surface area is 240 Å². The number of hydrogen-bond acceptors (Lipinski definition) is 7. The minimum Gasteiger partial charge on any atom is -0.507 e. The maximum atomic E-state index is 16.5. The van der Waals surface area contributed by atoms with Crippen molar-refractivity contribution in [2.45, 2.75) is 32.7 Å². The fourth-order valence-corrected chi connectivity index (χ4v) is 5.78. The fraction of sp³-hybridized carbons (Fsp3) is 0.258. The molecule has 0 radical (unpaired) electrons. The fourth-order valence-electron chi connectivity index (χ4n) is 5.78. The molecule has 1 atom stereocenters. The van der Waals surface area contributed by atoms with E-state index in [9.17, 15) is 14.7 Å². The number of piperazine rings is 1. The van der Waals surface area contributed by atoms with Gasteiger partial charge in [-0.25, -0.2) is 23.1 Å². The van der Waals surface area contributed by atoms with Crippen LogP contribution in [0, 0.1) is 18.6 Å². The molecule has 9 nitrogen and oxygen atoms in total. The molecular weight excluding hydrogens is 542 g/mol. The van der Waals surface area contributed by atoms with Crippen molar-refractivity contribution in [3.63, 3.8) is 0 Å². The number of rotatable bonds is 4. The van der Waals surface area contributed by atoms with Gasteiger partial charge in [0.2, 0.25) is 5.91 Å². The zero-order valence-corrected chi connectivity index (χ0v) is 23.3. The molecule has 42 heavy (non-hydrogen) atoms.